The Morgan fingerprint density at radius 2 is 1.71 bits per heavy atom. The van der Waals surface area contributed by atoms with Gasteiger partial charge in [-0.2, -0.15) is 0 Å². The number of benzene rings is 2. The van der Waals surface area contributed by atoms with Gasteiger partial charge in [0.25, 0.3) is 5.91 Å². The van der Waals surface area contributed by atoms with Gasteiger partial charge in [-0.25, -0.2) is 0 Å². The van der Waals surface area contributed by atoms with Gasteiger partial charge in [0.2, 0.25) is 0 Å². The average molecular weight is 311 g/mol. The molecule has 0 aromatic heterocycles. The van der Waals surface area contributed by atoms with Crippen LogP contribution in [-0.2, 0) is 4.79 Å². The van der Waals surface area contributed by atoms with Crippen molar-refractivity contribution in [3.8, 4) is 0 Å². The number of rotatable bonds is 2. The van der Waals surface area contributed by atoms with Crippen molar-refractivity contribution in [1.29, 1.82) is 0 Å². The number of amides is 1. The first-order valence-corrected chi connectivity index (χ1v) is 7.78. The van der Waals surface area contributed by atoms with Crippen LogP contribution in [-0.4, -0.2) is 10.2 Å². The number of anilines is 1. The fourth-order valence-electron chi connectivity index (χ4n) is 2.19. The summed E-state index contributed by atoms with van der Waals surface area (Å²) in [4.78, 5) is 14.9. The molecule has 1 amide bonds. The van der Waals surface area contributed by atoms with Gasteiger partial charge in [0.1, 0.15) is 0 Å². The Hall–Kier alpha value is -1.91. The number of hydrogen-bond acceptors (Lipinski definition) is 3. The van der Waals surface area contributed by atoms with Crippen molar-refractivity contribution in [3.63, 3.8) is 0 Å². The minimum absolute atomic E-state index is 0.0526. The van der Waals surface area contributed by atoms with Gasteiger partial charge >= 0.3 is 0 Å². The van der Waals surface area contributed by atoms with Crippen molar-refractivity contribution < 1.29 is 4.79 Å². The van der Waals surface area contributed by atoms with Crippen LogP contribution in [0.1, 0.15) is 11.1 Å². The zero-order valence-corrected chi connectivity index (χ0v) is 13.1. The molecule has 0 bridgehead atoms. The predicted octanol–water partition coefficient (Wildman–Crippen LogP) is 4.40. The number of thiocarbonyl (C=S) groups is 1. The van der Waals surface area contributed by atoms with Gasteiger partial charge in [-0.15, -0.1) is 0 Å². The molecule has 0 aliphatic carbocycles. The largest absolute Gasteiger partial charge is 0.270 e. The summed E-state index contributed by atoms with van der Waals surface area (Å²) in [5.41, 5.74) is 2.90. The van der Waals surface area contributed by atoms with Crippen LogP contribution in [0.4, 0.5) is 5.69 Å². The monoisotopic (exact) mass is 311 g/mol. The number of nitrogens with zero attached hydrogens (tertiary/aromatic N) is 1. The Morgan fingerprint density at radius 3 is 2.43 bits per heavy atom. The van der Waals surface area contributed by atoms with Gasteiger partial charge in [0.05, 0.1) is 10.6 Å². The molecule has 4 heteroatoms. The van der Waals surface area contributed by atoms with Crippen molar-refractivity contribution in [2.75, 3.05) is 4.90 Å². The first-order valence-electron chi connectivity index (χ1n) is 6.55. The van der Waals surface area contributed by atoms with Gasteiger partial charge < -0.3 is 0 Å². The second-order valence-electron chi connectivity index (χ2n) is 4.71. The maximum atomic E-state index is 12.6. The van der Waals surface area contributed by atoms with Crippen LogP contribution in [0, 0.1) is 6.92 Å². The topological polar surface area (TPSA) is 20.3 Å². The van der Waals surface area contributed by atoms with E-state index < -0.39 is 0 Å². The highest BCUT2D eigenvalue weighted by Crippen LogP contribution is 2.37. The van der Waals surface area contributed by atoms with Gasteiger partial charge in [-0.05, 0) is 30.2 Å². The molecule has 3 rings (SSSR count). The maximum absolute atomic E-state index is 12.6. The van der Waals surface area contributed by atoms with Crippen molar-refractivity contribution >= 4 is 46.0 Å². The summed E-state index contributed by atoms with van der Waals surface area (Å²) in [7, 11) is 0. The summed E-state index contributed by atoms with van der Waals surface area (Å²) in [6, 6.07) is 17.6. The van der Waals surface area contributed by atoms with Gasteiger partial charge in [-0.1, -0.05) is 72.5 Å². The van der Waals surface area contributed by atoms with E-state index in [1.807, 2.05) is 67.6 Å². The predicted molar refractivity (Wildman–Crippen MR) is 93.3 cm³/mol. The zero-order valence-electron chi connectivity index (χ0n) is 11.4. The van der Waals surface area contributed by atoms with Gasteiger partial charge in [-0.3, -0.25) is 9.69 Å². The molecule has 1 saturated heterocycles. The molecule has 2 nitrogen and oxygen atoms in total. The van der Waals surface area contributed by atoms with Gasteiger partial charge in [0, 0.05) is 0 Å². The van der Waals surface area contributed by atoms with E-state index in [0.29, 0.717) is 9.23 Å². The number of carbonyl (C=O) groups is 1. The highest BCUT2D eigenvalue weighted by molar-refractivity contribution is 8.27. The van der Waals surface area contributed by atoms with E-state index >= 15 is 0 Å². The van der Waals surface area contributed by atoms with Crippen molar-refractivity contribution in [3.05, 3.63) is 70.6 Å². The lowest BCUT2D eigenvalue weighted by Gasteiger charge is -2.16. The van der Waals surface area contributed by atoms with Crippen molar-refractivity contribution in [2.45, 2.75) is 6.92 Å². The Kier molecular flexibility index (Phi) is 3.90. The van der Waals surface area contributed by atoms with E-state index in [2.05, 4.69) is 0 Å². The quantitative estimate of drug-likeness (QED) is 0.605. The zero-order chi connectivity index (χ0) is 14.8. The molecule has 0 saturated carbocycles. The van der Waals surface area contributed by atoms with Crippen LogP contribution in [0.5, 0.6) is 0 Å². The fourth-order valence-corrected chi connectivity index (χ4v) is 3.48. The van der Waals surface area contributed by atoms with Crippen LogP contribution in [0.2, 0.25) is 0 Å². The van der Waals surface area contributed by atoms with Crippen molar-refractivity contribution in [1.82, 2.24) is 0 Å². The van der Waals surface area contributed by atoms with Crippen LogP contribution in [0.15, 0.2) is 59.5 Å². The molecular weight excluding hydrogens is 298 g/mol. The molecule has 0 radical (unpaired) electrons. The Balaban J connectivity index is 1.97. The number of thioether (sulfide) groups is 1. The standard InChI is InChI=1S/C17H13NOS2/c1-12-7-5-6-10-14(12)18-16(19)15(21-17(18)20)11-13-8-3-2-4-9-13/h2-11H,1H3/b15-11+. The lowest BCUT2D eigenvalue weighted by atomic mass is 10.1. The molecule has 1 fully saturated rings. The van der Waals surface area contributed by atoms with E-state index in [-0.39, 0.29) is 5.91 Å². The molecule has 1 heterocycles. The molecular formula is C17H13NOS2. The van der Waals surface area contributed by atoms with E-state index in [9.17, 15) is 4.79 Å². The number of aryl methyl sites for hydroxylation is 1. The summed E-state index contributed by atoms with van der Waals surface area (Å²) < 4.78 is 0.580. The molecule has 0 atom stereocenters. The van der Waals surface area contributed by atoms with E-state index in [1.165, 1.54) is 11.8 Å². The number of hydrogen-bond donors (Lipinski definition) is 0. The first-order chi connectivity index (χ1) is 10.2. The minimum atomic E-state index is -0.0526. The van der Waals surface area contributed by atoms with Gasteiger partial charge in [0.15, 0.2) is 4.32 Å². The molecule has 2 aromatic rings. The molecule has 0 N–H and O–H groups in total. The number of para-hydroxylation sites is 1. The third-order valence-corrected chi connectivity index (χ3v) is 4.55. The summed E-state index contributed by atoms with van der Waals surface area (Å²) in [6.07, 6.45) is 1.89. The van der Waals surface area contributed by atoms with Crippen molar-refractivity contribution in [2.24, 2.45) is 0 Å². The number of carbonyl (C=O) groups excluding carboxylic acids is 1. The first kappa shape index (κ1) is 14.0. The van der Waals surface area contributed by atoms with Crippen LogP contribution >= 0.6 is 24.0 Å². The molecule has 1 aliphatic rings. The summed E-state index contributed by atoms with van der Waals surface area (Å²) in [5.74, 6) is -0.0526. The third-order valence-electron chi connectivity index (χ3n) is 3.25. The molecule has 1 aliphatic heterocycles. The second-order valence-corrected chi connectivity index (χ2v) is 6.39. The molecule has 2 aromatic carbocycles. The van der Waals surface area contributed by atoms with E-state index in [4.69, 9.17) is 12.2 Å². The average Bonchev–Trinajstić information content (AvgIpc) is 2.76. The summed E-state index contributed by atoms with van der Waals surface area (Å²) >= 11 is 6.73. The smallest absolute Gasteiger partial charge is 0.268 e. The van der Waals surface area contributed by atoms with E-state index in [0.717, 1.165) is 16.8 Å². The Bertz CT molecular complexity index is 737. The SMILES string of the molecule is Cc1ccccc1N1C(=O)/C(=C\c2ccccc2)SC1=S. The summed E-state index contributed by atoms with van der Waals surface area (Å²) in [6.45, 7) is 1.98. The molecule has 104 valence electrons. The fraction of sp³-hybridized carbons (Fsp3) is 0.0588. The van der Waals surface area contributed by atoms with E-state index in [1.54, 1.807) is 4.90 Å². The molecule has 21 heavy (non-hydrogen) atoms. The van der Waals surface area contributed by atoms with Crippen LogP contribution < -0.4 is 4.90 Å². The highest BCUT2D eigenvalue weighted by atomic mass is 32.2. The van der Waals surface area contributed by atoms with Crippen LogP contribution in [0.25, 0.3) is 6.08 Å². The lowest BCUT2D eigenvalue weighted by Crippen LogP contribution is -2.28. The minimum Gasteiger partial charge on any atom is -0.268 e. The maximum Gasteiger partial charge on any atom is 0.270 e. The normalized spacial score (nSPS) is 16.8. The molecule has 0 spiro atoms. The highest BCUT2D eigenvalue weighted by Gasteiger charge is 2.33. The Morgan fingerprint density at radius 1 is 1.05 bits per heavy atom. The third kappa shape index (κ3) is 2.77. The molecule has 0 unspecified atom stereocenters. The summed E-state index contributed by atoms with van der Waals surface area (Å²) in [5, 5.41) is 0. The second kappa shape index (κ2) is 5.84. The Labute approximate surface area is 133 Å². The van der Waals surface area contributed by atoms with Crippen LogP contribution in [0.3, 0.4) is 0 Å². The lowest BCUT2D eigenvalue weighted by molar-refractivity contribution is -0.113.